The number of fused-ring (bicyclic) bond motifs is 1. The fourth-order valence-corrected chi connectivity index (χ4v) is 2.18. The molecule has 0 saturated heterocycles. The highest BCUT2D eigenvalue weighted by atomic mass is 16.1. The number of rotatable bonds is 4. The summed E-state index contributed by atoms with van der Waals surface area (Å²) >= 11 is 0. The number of aromatic nitrogens is 3. The summed E-state index contributed by atoms with van der Waals surface area (Å²) in [7, 11) is 0. The van der Waals surface area contributed by atoms with Gasteiger partial charge in [-0.2, -0.15) is 5.10 Å². The van der Waals surface area contributed by atoms with Gasteiger partial charge in [-0.3, -0.25) is 14.7 Å². The lowest BCUT2D eigenvalue weighted by molar-refractivity contribution is -0.111. The molecule has 7 heteroatoms. The first-order valence-corrected chi connectivity index (χ1v) is 6.77. The van der Waals surface area contributed by atoms with Gasteiger partial charge in [0.2, 0.25) is 5.91 Å². The van der Waals surface area contributed by atoms with Crippen molar-refractivity contribution in [3.05, 3.63) is 54.7 Å². The van der Waals surface area contributed by atoms with E-state index in [4.69, 9.17) is 5.73 Å². The molecule has 0 saturated carbocycles. The van der Waals surface area contributed by atoms with Crippen molar-refractivity contribution in [3.8, 4) is 11.3 Å². The number of pyridine rings is 1. The molecule has 4 N–H and O–H groups in total. The fourth-order valence-electron chi connectivity index (χ4n) is 2.18. The van der Waals surface area contributed by atoms with Gasteiger partial charge in [-0.15, -0.1) is 0 Å². The van der Waals surface area contributed by atoms with Crippen LogP contribution in [0.3, 0.4) is 0 Å². The minimum Gasteiger partial charge on any atom is -0.364 e. The predicted molar refractivity (Wildman–Crippen MR) is 86.7 cm³/mol. The molecule has 2 amide bonds. The number of hydrogen-bond acceptors (Lipinski definition) is 4. The van der Waals surface area contributed by atoms with Gasteiger partial charge in [0, 0.05) is 11.3 Å². The third kappa shape index (κ3) is 2.80. The van der Waals surface area contributed by atoms with Crippen molar-refractivity contribution in [2.75, 3.05) is 5.32 Å². The molecule has 2 heterocycles. The summed E-state index contributed by atoms with van der Waals surface area (Å²) in [5.41, 5.74) is 8.46. The normalized spacial score (nSPS) is 10.4. The second-order valence-electron chi connectivity index (χ2n) is 4.80. The van der Waals surface area contributed by atoms with Gasteiger partial charge in [0.25, 0.3) is 5.91 Å². The van der Waals surface area contributed by atoms with Crippen molar-refractivity contribution in [2.45, 2.75) is 0 Å². The number of anilines is 1. The van der Waals surface area contributed by atoms with Gasteiger partial charge in [-0.1, -0.05) is 18.7 Å². The SMILES string of the molecule is C=CC(=O)Nc1cccc(-c2ccc3[nH]nc(C(N)=O)c3n2)c1. The van der Waals surface area contributed by atoms with Crippen LogP contribution in [0.1, 0.15) is 10.5 Å². The van der Waals surface area contributed by atoms with Gasteiger partial charge < -0.3 is 11.1 Å². The molecule has 0 fully saturated rings. The second-order valence-corrected chi connectivity index (χ2v) is 4.80. The summed E-state index contributed by atoms with van der Waals surface area (Å²) in [6.45, 7) is 3.41. The largest absolute Gasteiger partial charge is 0.364 e. The molecule has 0 radical (unpaired) electrons. The van der Waals surface area contributed by atoms with Crippen molar-refractivity contribution in [2.24, 2.45) is 5.73 Å². The Morgan fingerprint density at radius 1 is 1.26 bits per heavy atom. The quantitative estimate of drug-likeness (QED) is 0.638. The van der Waals surface area contributed by atoms with Crippen molar-refractivity contribution in [3.63, 3.8) is 0 Å². The maximum absolute atomic E-state index is 11.4. The van der Waals surface area contributed by atoms with Crippen molar-refractivity contribution < 1.29 is 9.59 Å². The molecule has 0 unspecified atom stereocenters. The molecule has 0 bridgehead atoms. The maximum Gasteiger partial charge on any atom is 0.271 e. The van der Waals surface area contributed by atoms with Crippen LogP contribution in [0.5, 0.6) is 0 Å². The van der Waals surface area contributed by atoms with Crippen LogP contribution in [-0.4, -0.2) is 27.0 Å². The summed E-state index contributed by atoms with van der Waals surface area (Å²) in [4.78, 5) is 27.2. The van der Waals surface area contributed by atoms with Crippen molar-refractivity contribution in [1.82, 2.24) is 15.2 Å². The van der Waals surface area contributed by atoms with E-state index in [0.717, 1.165) is 5.56 Å². The van der Waals surface area contributed by atoms with E-state index in [-0.39, 0.29) is 11.6 Å². The highest BCUT2D eigenvalue weighted by Crippen LogP contribution is 2.24. The Hall–Kier alpha value is -3.48. The number of amides is 2. The van der Waals surface area contributed by atoms with Crippen LogP contribution >= 0.6 is 0 Å². The minimum atomic E-state index is -0.645. The Morgan fingerprint density at radius 2 is 2.09 bits per heavy atom. The van der Waals surface area contributed by atoms with Crippen LogP contribution in [0, 0.1) is 0 Å². The third-order valence-electron chi connectivity index (χ3n) is 3.25. The first-order chi connectivity index (χ1) is 11.1. The molecule has 2 aromatic heterocycles. The highest BCUT2D eigenvalue weighted by Gasteiger charge is 2.13. The van der Waals surface area contributed by atoms with Crippen molar-refractivity contribution in [1.29, 1.82) is 0 Å². The molecular weight excluding hydrogens is 294 g/mol. The van der Waals surface area contributed by atoms with Gasteiger partial charge >= 0.3 is 0 Å². The van der Waals surface area contributed by atoms with Crippen LogP contribution in [0.25, 0.3) is 22.3 Å². The van der Waals surface area contributed by atoms with Gasteiger partial charge in [-0.25, -0.2) is 4.98 Å². The molecule has 7 nitrogen and oxygen atoms in total. The van der Waals surface area contributed by atoms with Gasteiger partial charge in [0.05, 0.1) is 11.2 Å². The van der Waals surface area contributed by atoms with Crippen LogP contribution in [0.15, 0.2) is 49.1 Å². The predicted octanol–water partition coefficient (Wildman–Crippen LogP) is 1.85. The molecule has 3 aromatic rings. The number of H-pyrrole nitrogens is 1. The van der Waals surface area contributed by atoms with E-state index in [1.165, 1.54) is 6.08 Å². The molecule has 3 rings (SSSR count). The van der Waals surface area contributed by atoms with Crippen LogP contribution in [0.2, 0.25) is 0 Å². The van der Waals surface area contributed by atoms with E-state index < -0.39 is 5.91 Å². The molecule has 1 aromatic carbocycles. The Labute approximate surface area is 131 Å². The number of nitrogens with two attached hydrogens (primary N) is 1. The van der Waals surface area contributed by atoms with Crippen LogP contribution in [-0.2, 0) is 4.79 Å². The van der Waals surface area contributed by atoms with Gasteiger partial charge in [0.15, 0.2) is 5.69 Å². The third-order valence-corrected chi connectivity index (χ3v) is 3.25. The number of primary amides is 1. The Kier molecular flexibility index (Phi) is 3.60. The molecule has 0 atom stereocenters. The van der Waals surface area contributed by atoms with Crippen LogP contribution in [0.4, 0.5) is 5.69 Å². The number of nitrogens with zero attached hydrogens (tertiary/aromatic N) is 2. The number of carbonyl (C=O) groups is 2. The topological polar surface area (TPSA) is 114 Å². The smallest absolute Gasteiger partial charge is 0.271 e. The molecule has 0 aliphatic heterocycles. The number of nitrogens with one attached hydrogen (secondary N) is 2. The fraction of sp³-hybridized carbons (Fsp3) is 0. The zero-order chi connectivity index (χ0) is 16.4. The summed E-state index contributed by atoms with van der Waals surface area (Å²) in [5, 5.41) is 9.27. The number of hydrogen-bond donors (Lipinski definition) is 3. The van der Waals surface area contributed by atoms with E-state index in [9.17, 15) is 9.59 Å². The molecule has 0 spiro atoms. The zero-order valence-electron chi connectivity index (χ0n) is 12.0. The van der Waals surface area contributed by atoms with E-state index in [0.29, 0.717) is 22.4 Å². The number of carbonyl (C=O) groups excluding carboxylic acids is 2. The van der Waals surface area contributed by atoms with Crippen LogP contribution < -0.4 is 11.1 Å². The maximum atomic E-state index is 11.4. The minimum absolute atomic E-state index is 0.0953. The number of benzene rings is 1. The lowest BCUT2D eigenvalue weighted by Crippen LogP contribution is -2.12. The second kappa shape index (κ2) is 5.72. The monoisotopic (exact) mass is 307 g/mol. The molecule has 0 aliphatic rings. The lowest BCUT2D eigenvalue weighted by Gasteiger charge is -2.06. The lowest BCUT2D eigenvalue weighted by atomic mass is 10.1. The molecular formula is C16H13N5O2. The Morgan fingerprint density at radius 3 is 2.83 bits per heavy atom. The molecule has 114 valence electrons. The Bertz CT molecular complexity index is 929. The zero-order valence-corrected chi connectivity index (χ0v) is 12.0. The van der Waals surface area contributed by atoms with Crippen molar-refractivity contribution >= 4 is 28.5 Å². The summed E-state index contributed by atoms with van der Waals surface area (Å²) in [6.07, 6.45) is 1.20. The highest BCUT2D eigenvalue weighted by molar-refractivity contribution is 6.02. The standard InChI is InChI=1S/C16H13N5O2/c1-2-13(22)18-10-5-3-4-9(8-10)11-6-7-12-14(19-11)15(16(17)23)21-20-12/h2-8H,1H2,(H2,17,23)(H,18,22)(H,20,21). The number of aromatic amines is 1. The summed E-state index contributed by atoms with van der Waals surface area (Å²) < 4.78 is 0. The average molecular weight is 307 g/mol. The van der Waals surface area contributed by atoms with Gasteiger partial charge in [-0.05, 0) is 30.3 Å². The van der Waals surface area contributed by atoms with E-state index in [1.807, 2.05) is 6.07 Å². The summed E-state index contributed by atoms with van der Waals surface area (Å²) in [6, 6.07) is 10.7. The van der Waals surface area contributed by atoms with E-state index in [1.54, 1.807) is 30.3 Å². The average Bonchev–Trinajstić information content (AvgIpc) is 2.98. The van der Waals surface area contributed by atoms with E-state index in [2.05, 4.69) is 27.1 Å². The first kappa shape index (κ1) is 14.5. The summed E-state index contributed by atoms with van der Waals surface area (Å²) in [5.74, 6) is -0.940. The Balaban J connectivity index is 2.04. The van der Waals surface area contributed by atoms with Gasteiger partial charge in [0.1, 0.15) is 5.52 Å². The first-order valence-electron chi connectivity index (χ1n) is 6.77. The van der Waals surface area contributed by atoms with E-state index >= 15 is 0 Å². The molecule has 0 aliphatic carbocycles. The molecule has 23 heavy (non-hydrogen) atoms.